The molecule has 0 bridgehead atoms. The van der Waals surface area contributed by atoms with E-state index < -0.39 is 0 Å². The maximum atomic E-state index is 5.59. The van der Waals surface area contributed by atoms with Gasteiger partial charge in [-0.05, 0) is 36.6 Å². The van der Waals surface area contributed by atoms with Crippen molar-refractivity contribution in [2.45, 2.75) is 25.3 Å². The summed E-state index contributed by atoms with van der Waals surface area (Å²) in [6, 6.07) is 6.21. The molecule has 0 radical (unpaired) electrons. The third kappa shape index (κ3) is 2.27. The van der Waals surface area contributed by atoms with Gasteiger partial charge in [-0.3, -0.25) is 0 Å². The molecule has 2 aliphatic rings. The van der Waals surface area contributed by atoms with Crippen LogP contribution in [0.3, 0.4) is 0 Å². The van der Waals surface area contributed by atoms with Gasteiger partial charge in [0.1, 0.15) is 11.8 Å². The van der Waals surface area contributed by atoms with Gasteiger partial charge < -0.3 is 14.2 Å². The van der Waals surface area contributed by atoms with E-state index in [0.29, 0.717) is 11.7 Å². The first-order chi connectivity index (χ1) is 11.9. The Kier molecular flexibility index (Phi) is 3.26. The molecule has 3 aromatic rings. The molecule has 7 heteroatoms. The van der Waals surface area contributed by atoms with Crippen LogP contribution in [0, 0.1) is 0 Å². The molecular weight excluding hydrogens is 324 g/mol. The largest absolute Gasteiger partial charge is 0.493 e. The molecule has 0 spiro atoms. The highest BCUT2D eigenvalue weighted by atomic mass is 32.1. The van der Waals surface area contributed by atoms with Gasteiger partial charge in [0.15, 0.2) is 5.13 Å². The zero-order valence-corrected chi connectivity index (χ0v) is 13.8. The molecule has 0 amide bonds. The summed E-state index contributed by atoms with van der Waals surface area (Å²) < 4.78 is 11.1. The normalized spacial score (nSPS) is 19.5. The second kappa shape index (κ2) is 5.59. The molecule has 1 fully saturated rings. The van der Waals surface area contributed by atoms with Crippen LogP contribution < -0.4 is 9.64 Å². The van der Waals surface area contributed by atoms with Gasteiger partial charge in [-0.2, -0.15) is 4.98 Å². The van der Waals surface area contributed by atoms with Gasteiger partial charge in [0.25, 0.3) is 0 Å². The van der Waals surface area contributed by atoms with Gasteiger partial charge in [-0.1, -0.05) is 5.16 Å². The summed E-state index contributed by atoms with van der Waals surface area (Å²) in [6.45, 7) is 1.73. The minimum absolute atomic E-state index is 0.121. The average molecular weight is 340 g/mol. The minimum Gasteiger partial charge on any atom is -0.493 e. The number of benzene rings is 1. The van der Waals surface area contributed by atoms with E-state index in [9.17, 15) is 0 Å². The summed E-state index contributed by atoms with van der Waals surface area (Å²) >= 11 is 1.65. The Morgan fingerprint density at radius 2 is 2.29 bits per heavy atom. The number of ether oxygens (including phenoxy) is 1. The fraction of sp³-hybridized carbons (Fsp3) is 0.353. The highest BCUT2D eigenvalue weighted by molar-refractivity contribution is 7.13. The van der Waals surface area contributed by atoms with E-state index in [2.05, 4.69) is 26.1 Å². The second-order valence-corrected chi connectivity index (χ2v) is 6.92. The van der Waals surface area contributed by atoms with Crippen molar-refractivity contribution >= 4 is 16.5 Å². The number of thiazole rings is 1. The molecule has 1 unspecified atom stereocenters. The number of aromatic nitrogens is 3. The summed E-state index contributed by atoms with van der Waals surface area (Å²) in [7, 11) is 0. The van der Waals surface area contributed by atoms with Crippen molar-refractivity contribution in [3.63, 3.8) is 0 Å². The fourth-order valence-corrected chi connectivity index (χ4v) is 4.14. The number of hydrogen-bond donors (Lipinski definition) is 0. The Labute approximate surface area is 143 Å². The lowest BCUT2D eigenvalue weighted by Crippen LogP contribution is -2.22. The van der Waals surface area contributed by atoms with Gasteiger partial charge in [0, 0.05) is 30.1 Å². The van der Waals surface area contributed by atoms with Crippen molar-refractivity contribution in [2.75, 3.05) is 18.1 Å². The summed E-state index contributed by atoms with van der Waals surface area (Å²) in [4.78, 5) is 11.3. The van der Waals surface area contributed by atoms with Crippen LogP contribution in [0.4, 0.5) is 5.13 Å². The fourth-order valence-electron chi connectivity index (χ4n) is 3.42. The number of nitrogens with zero attached hydrogens (tertiary/aromatic N) is 4. The Morgan fingerprint density at radius 1 is 1.29 bits per heavy atom. The Balaban J connectivity index is 1.45. The van der Waals surface area contributed by atoms with E-state index in [-0.39, 0.29) is 6.04 Å². The molecule has 5 rings (SSSR count). The van der Waals surface area contributed by atoms with Crippen molar-refractivity contribution in [2.24, 2.45) is 0 Å². The van der Waals surface area contributed by atoms with E-state index in [1.807, 2.05) is 23.7 Å². The monoisotopic (exact) mass is 340 g/mol. The molecular formula is C17H16N4O2S. The molecule has 24 heavy (non-hydrogen) atoms. The maximum absolute atomic E-state index is 5.59. The molecule has 2 aliphatic heterocycles. The molecule has 0 N–H and O–H groups in total. The highest BCUT2D eigenvalue weighted by Gasteiger charge is 2.32. The van der Waals surface area contributed by atoms with Crippen LogP contribution >= 0.6 is 11.3 Å². The highest BCUT2D eigenvalue weighted by Crippen LogP contribution is 2.37. The van der Waals surface area contributed by atoms with Crippen LogP contribution in [0.25, 0.3) is 11.4 Å². The van der Waals surface area contributed by atoms with Crippen molar-refractivity contribution < 1.29 is 9.26 Å². The first-order valence-electron chi connectivity index (χ1n) is 8.14. The number of hydrogen-bond acceptors (Lipinski definition) is 7. The molecule has 0 aliphatic carbocycles. The standard InChI is InChI=1S/C17H16N4O2S/c1-2-13(21(7-1)17-18-6-9-24-17)16-19-15(20-23-16)12-3-4-14-11(10-12)5-8-22-14/h3-4,6,9-10,13H,1-2,5,7-8H2. The zero-order valence-electron chi connectivity index (χ0n) is 13.0. The van der Waals surface area contributed by atoms with Gasteiger partial charge in [-0.15, -0.1) is 11.3 Å². The molecule has 1 atom stereocenters. The van der Waals surface area contributed by atoms with Crippen LogP contribution in [-0.2, 0) is 6.42 Å². The van der Waals surface area contributed by atoms with Crippen LogP contribution in [0.1, 0.15) is 30.3 Å². The van der Waals surface area contributed by atoms with E-state index in [1.54, 1.807) is 11.3 Å². The smallest absolute Gasteiger partial charge is 0.249 e. The molecule has 122 valence electrons. The average Bonchev–Trinajstić information content (AvgIpc) is 3.41. The van der Waals surface area contributed by atoms with E-state index >= 15 is 0 Å². The lowest BCUT2D eigenvalue weighted by molar-refractivity contribution is 0.355. The van der Waals surface area contributed by atoms with Crippen LogP contribution in [0.15, 0.2) is 34.3 Å². The molecule has 6 nitrogen and oxygen atoms in total. The van der Waals surface area contributed by atoms with Crippen LogP contribution in [-0.4, -0.2) is 28.3 Å². The van der Waals surface area contributed by atoms with E-state index in [4.69, 9.17) is 9.26 Å². The summed E-state index contributed by atoms with van der Waals surface area (Å²) in [5.74, 6) is 2.29. The Bertz CT molecular complexity index is 861. The molecule has 2 aromatic heterocycles. The van der Waals surface area contributed by atoms with Gasteiger partial charge >= 0.3 is 0 Å². The maximum Gasteiger partial charge on any atom is 0.249 e. The molecule has 4 heterocycles. The Hall–Kier alpha value is -2.41. The number of anilines is 1. The Morgan fingerprint density at radius 3 is 3.21 bits per heavy atom. The van der Waals surface area contributed by atoms with Gasteiger partial charge in [0.05, 0.1) is 6.61 Å². The topological polar surface area (TPSA) is 64.3 Å². The van der Waals surface area contributed by atoms with E-state index in [1.165, 1.54) is 5.56 Å². The van der Waals surface area contributed by atoms with E-state index in [0.717, 1.165) is 48.9 Å². The summed E-state index contributed by atoms with van der Waals surface area (Å²) in [6.07, 6.45) is 4.90. The minimum atomic E-state index is 0.121. The zero-order chi connectivity index (χ0) is 15.9. The van der Waals surface area contributed by atoms with Crippen molar-refractivity contribution in [3.8, 4) is 17.1 Å². The third-order valence-corrected chi connectivity index (χ3v) is 5.40. The molecule has 0 saturated carbocycles. The number of rotatable bonds is 3. The van der Waals surface area contributed by atoms with Crippen molar-refractivity contribution in [1.82, 2.24) is 15.1 Å². The summed E-state index contributed by atoms with van der Waals surface area (Å²) in [5.41, 5.74) is 2.19. The van der Waals surface area contributed by atoms with Crippen LogP contribution in [0.5, 0.6) is 5.75 Å². The van der Waals surface area contributed by atoms with Gasteiger partial charge in [0.2, 0.25) is 11.7 Å². The lowest BCUT2D eigenvalue weighted by Gasteiger charge is -2.20. The third-order valence-electron chi connectivity index (χ3n) is 4.59. The second-order valence-electron chi connectivity index (χ2n) is 6.04. The molecule has 1 saturated heterocycles. The SMILES string of the molecule is c1csc(N2CCCC2c2nc(-c3ccc4c(c3)CCO4)no2)n1. The predicted molar refractivity (Wildman–Crippen MR) is 90.4 cm³/mol. The van der Waals surface area contributed by atoms with Crippen molar-refractivity contribution in [3.05, 3.63) is 41.2 Å². The van der Waals surface area contributed by atoms with Gasteiger partial charge in [-0.25, -0.2) is 4.98 Å². The van der Waals surface area contributed by atoms with Crippen molar-refractivity contribution in [1.29, 1.82) is 0 Å². The first-order valence-corrected chi connectivity index (χ1v) is 9.02. The summed E-state index contributed by atoms with van der Waals surface area (Å²) in [5, 5.41) is 7.22. The number of fused-ring (bicyclic) bond motifs is 1. The molecule has 1 aromatic carbocycles. The predicted octanol–water partition coefficient (Wildman–Crippen LogP) is 3.47. The first kappa shape index (κ1) is 14.0. The van der Waals surface area contributed by atoms with Crippen LogP contribution in [0.2, 0.25) is 0 Å². The quantitative estimate of drug-likeness (QED) is 0.727. The lowest BCUT2D eigenvalue weighted by atomic mass is 10.1.